The summed E-state index contributed by atoms with van der Waals surface area (Å²) in [6.45, 7) is 14.7. The zero-order valence-corrected chi connectivity index (χ0v) is 9.40. The molecular formula is C9H20OSi. The van der Waals surface area contributed by atoms with Crippen LogP contribution in [0, 0.1) is 0 Å². The first kappa shape index (κ1) is 10.9. The van der Waals surface area contributed by atoms with Crippen molar-refractivity contribution in [2.75, 3.05) is 0 Å². The molecule has 0 heterocycles. The van der Waals surface area contributed by atoms with Gasteiger partial charge in [-0.2, -0.15) is 0 Å². The van der Waals surface area contributed by atoms with Crippen molar-refractivity contribution in [3.05, 3.63) is 12.2 Å². The second-order valence-corrected chi connectivity index (χ2v) is 8.43. The van der Waals surface area contributed by atoms with Crippen molar-refractivity contribution in [2.24, 2.45) is 0 Å². The van der Waals surface area contributed by atoms with Gasteiger partial charge in [0.25, 0.3) is 0 Å². The van der Waals surface area contributed by atoms with Crippen LogP contribution in [0.3, 0.4) is 0 Å². The molecule has 0 aliphatic rings. The Balaban J connectivity index is 3.99. The minimum absolute atomic E-state index is 0.279. The molecule has 0 saturated heterocycles. The Morgan fingerprint density at radius 2 is 1.91 bits per heavy atom. The highest BCUT2D eigenvalue weighted by Crippen LogP contribution is 2.14. The van der Waals surface area contributed by atoms with Gasteiger partial charge in [-0.3, -0.25) is 0 Å². The lowest BCUT2D eigenvalue weighted by Crippen LogP contribution is -2.32. The molecule has 2 heteroatoms. The van der Waals surface area contributed by atoms with Gasteiger partial charge in [0.2, 0.25) is 0 Å². The van der Waals surface area contributed by atoms with Crippen LogP contribution in [-0.2, 0) is 4.43 Å². The Morgan fingerprint density at radius 3 is 2.00 bits per heavy atom. The summed E-state index contributed by atoms with van der Waals surface area (Å²) in [6.07, 6.45) is 1.32. The third kappa shape index (κ3) is 5.22. The molecule has 0 N–H and O–H groups in total. The summed E-state index contributed by atoms with van der Waals surface area (Å²) in [4.78, 5) is 0. The Labute approximate surface area is 71.6 Å². The highest BCUT2D eigenvalue weighted by molar-refractivity contribution is 6.69. The van der Waals surface area contributed by atoms with Crippen molar-refractivity contribution in [3.8, 4) is 0 Å². The fraction of sp³-hybridized carbons (Fsp3) is 0.778. The van der Waals surface area contributed by atoms with Gasteiger partial charge in [-0.05, 0) is 33.0 Å². The van der Waals surface area contributed by atoms with E-state index in [2.05, 4.69) is 33.1 Å². The van der Waals surface area contributed by atoms with Gasteiger partial charge >= 0.3 is 0 Å². The van der Waals surface area contributed by atoms with Crippen molar-refractivity contribution in [2.45, 2.75) is 46.0 Å². The molecule has 1 nitrogen and oxygen atoms in total. The second kappa shape index (κ2) is 4.07. The summed E-state index contributed by atoms with van der Waals surface area (Å²) in [5.41, 5.74) is 1.15. The molecule has 0 bridgehead atoms. The van der Waals surface area contributed by atoms with E-state index < -0.39 is 8.32 Å². The first-order valence-electron chi connectivity index (χ1n) is 4.20. The average molecular weight is 172 g/mol. The van der Waals surface area contributed by atoms with E-state index in [0.717, 1.165) is 12.0 Å². The van der Waals surface area contributed by atoms with E-state index in [1.54, 1.807) is 0 Å². The molecule has 0 spiro atoms. The summed E-state index contributed by atoms with van der Waals surface area (Å²) in [7, 11) is -1.36. The Kier molecular flexibility index (Phi) is 4.04. The molecule has 0 amide bonds. The quantitative estimate of drug-likeness (QED) is 0.467. The average Bonchev–Trinajstić information content (AvgIpc) is 1.80. The van der Waals surface area contributed by atoms with Crippen molar-refractivity contribution >= 4 is 8.32 Å². The zero-order chi connectivity index (χ0) is 9.07. The van der Waals surface area contributed by atoms with E-state index in [-0.39, 0.29) is 6.10 Å². The van der Waals surface area contributed by atoms with Gasteiger partial charge < -0.3 is 4.43 Å². The van der Waals surface area contributed by atoms with Crippen molar-refractivity contribution in [1.29, 1.82) is 0 Å². The van der Waals surface area contributed by atoms with Gasteiger partial charge in [0.05, 0.1) is 6.10 Å². The molecule has 11 heavy (non-hydrogen) atoms. The monoisotopic (exact) mass is 172 g/mol. The number of hydrogen-bond acceptors (Lipinski definition) is 1. The van der Waals surface area contributed by atoms with Gasteiger partial charge in [-0.15, -0.1) is 0 Å². The maximum absolute atomic E-state index is 5.89. The Morgan fingerprint density at radius 1 is 1.45 bits per heavy atom. The maximum Gasteiger partial charge on any atom is 0.184 e. The maximum atomic E-state index is 5.89. The fourth-order valence-electron chi connectivity index (χ4n) is 0.959. The smallest absolute Gasteiger partial charge is 0.184 e. The van der Waals surface area contributed by atoms with Gasteiger partial charge in [-0.25, -0.2) is 0 Å². The van der Waals surface area contributed by atoms with E-state index in [4.69, 9.17) is 4.43 Å². The van der Waals surface area contributed by atoms with Crippen LogP contribution in [0.4, 0.5) is 0 Å². The third-order valence-electron chi connectivity index (χ3n) is 1.42. The molecule has 0 aromatic heterocycles. The fourth-order valence-corrected chi connectivity index (χ4v) is 2.18. The highest BCUT2D eigenvalue weighted by Gasteiger charge is 2.19. The molecular weight excluding hydrogens is 152 g/mol. The van der Waals surface area contributed by atoms with E-state index in [1.807, 2.05) is 6.92 Å². The van der Waals surface area contributed by atoms with Gasteiger partial charge in [0.1, 0.15) is 0 Å². The molecule has 0 aliphatic carbocycles. The summed E-state index contributed by atoms with van der Waals surface area (Å²) < 4.78 is 5.89. The Bertz CT molecular complexity index is 135. The van der Waals surface area contributed by atoms with E-state index in [1.165, 1.54) is 0 Å². The van der Waals surface area contributed by atoms with Crippen LogP contribution in [0.15, 0.2) is 12.2 Å². The molecule has 66 valence electrons. The minimum atomic E-state index is -1.36. The van der Waals surface area contributed by atoms with Gasteiger partial charge in [-0.1, -0.05) is 19.1 Å². The molecule has 0 aromatic rings. The molecule has 0 aromatic carbocycles. The topological polar surface area (TPSA) is 9.23 Å². The van der Waals surface area contributed by atoms with Crippen LogP contribution < -0.4 is 0 Å². The molecule has 1 atom stereocenters. The second-order valence-electron chi connectivity index (χ2n) is 3.97. The first-order chi connectivity index (χ1) is 4.87. The molecule has 0 saturated carbocycles. The van der Waals surface area contributed by atoms with Crippen LogP contribution in [0.1, 0.15) is 20.3 Å². The van der Waals surface area contributed by atoms with Crippen LogP contribution in [-0.4, -0.2) is 14.4 Å². The highest BCUT2D eigenvalue weighted by atomic mass is 28.4. The van der Waals surface area contributed by atoms with Crippen LogP contribution in [0.2, 0.25) is 19.6 Å². The summed E-state index contributed by atoms with van der Waals surface area (Å²) >= 11 is 0. The van der Waals surface area contributed by atoms with Crippen molar-refractivity contribution < 1.29 is 4.43 Å². The predicted molar refractivity (Wildman–Crippen MR) is 53.3 cm³/mol. The zero-order valence-electron chi connectivity index (χ0n) is 8.40. The molecule has 0 aliphatic heterocycles. The van der Waals surface area contributed by atoms with Crippen molar-refractivity contribution in [3.63, 3.8) is 0 Å². The van der Waals surface area contributed by atoms with E-state index >= 15 is 0 Å². The summed E-state index contributed by atoms with van der Waals surface area (Å²) in [5, 5.41) is 0. The lowest BCUT2D eigenvalue weighted by atomic mass is 10.1. The van der Waals surface area contributed by atoms with Gasteiger partial charge in [0.15, 0.2) is 8.32 Å². The largest absolute Gasteiger partial charge is 0.411 e. The standard InChI is InChI=1S/C9H20OSi/c1-7-9(8(2)3)10-11(4,5)6/h9H,2,7H2,1,3-6H3/t9-/m1/s1. The third-order valence-corrected chi connectivity index (χ3v) is 2.41. The SMILES string of the molecule is C=C(C)[C@@H](CC)O[Si](C)(C)C. The van der Waals surface area contributed by atoms with Crippen LogP contribution >= 0.6 is 0 Å². The predicted octanol–water partition coefficient (Wildman–Crippen LogP) is 3.19. The molecule has 0 fully saturated rings. The van der Waals surface area contributed by atoms with Crippen molar-refractivity contribution in [1.82, 2.24) is 0 Å². The number of rotatable bonds is 4. The van der Waals surface area contributed by atoms with E-state index in [9.17, 15) is 0 Å². The molecule has 0 unspecified atom stereocenters. The lowest BCUT2D eigenvalue weighted by Gasteiger charge is -2.25. The molecule has 0 radical (unpaired) electrons. The lowest BCUT2D eigenvalue weighted by molar-refractivity contribution is 0.226. The van der Waals surface area contributed by atoms with Crippen LogP contribution in [0.5, 0.6) is 0 Å². The minimum Gasteiger partial charge on any atom is -0.411 e. The normalized spacial score (nSPS) is 14.6. The Hall–Kier alpha value is -0.0831. The first-order valence-corrected chi connectivity index (χ1v) is 7.61. The summed E-state index contributed by atoms with van der Waals surface area (Å²) in [5.74, 6) is 0. The van der Waals surface area contributed by atoms with E-state index in [0.29, 0.717) is 0 Å². The number of hydrogen-bond donors (Lipinski definition) is 0. The van der Waals surface area contributed by atoms with Crippen LogP contribution in [0.25, 0.3) is 0 Å². The summed E-state index contributed by atoms with van der Waals surface area (Å²) in [6, 6.07) is 0. The van der Waals surface area contributed by atoms with Gasteiger partial charge in [0, 0.05) is 0 Å². The molecule has 0 rings (SSSR count).